The summed E-state index contributed by atoms with van der Waals surface area (Å²) in [6, 6.07) is 9.54. The largest absolute Gasteiger partial charge is 0.322 e. The molecule has 1 unspecified atom stereocenters. The SMILES string of the molecule is NC(Cc1cc(F)ccc1Cl)c1ccccn1. The Bertz CT molecular complexity index is 502. The second kappa shape index (κ2) is 5.25. The molecule has 0 amide bonds. The van der Waals surface area contributed by atoms with Crippen molar-refractivity contribution in [3.63, 3.8) is 0 Å². The summed E-state index contributed by atoms with van der Waals surface area (Å²) in [5, 5.41) is 0.526. The molecule has 0 spiro atoms. The summed E-state index contributed by atoms with van der Waals surface area (Å²) < 4.78 is 13.1. The van der Waals surface area contributed by atoms with E-state index in [0.29, 0.717) is 17.0 Å². The summed E-state index contributed by atoms with van der Waals surface area (Å²) >= 11 is 5.99. The number of pyridine rings is 1. The van der Waals surface area contributed by atoms with Gasteiger partial charge in [0.15, 0.2) is 0 Å². The number of nitrogens with two attached hydrogens (primary N) is 1. The van der Waals surface area contributed by atoms with Crippen LogP contribution in [0.25, 0.3) is 0 Å². The molecule has 0 saturated carbocycles. The molecule has 2 rings (SSSR count). The van der Waals surface area contributed by atoms with Crippen molar-refractivity contribution >= 4 is 11.6 Å². The van der Waals surface area contributed by atoms with Gasteiger partial charge in [0.1, 0.15) is 5.82 Å². The van der Waals surface area contributed by atoms with Gasteiger partial charge in [0.05, 0.1) is 11.7 Å². The van der Waals surface area contributed by atoms with Crippen molar-refractivity contribution in [1.82, 2.24) is 4.98 Å². The fraction of sp³-hybridized carbons (Fsp3) is 0.154. The average molecular weight is 251 g/mol. The molecule has 1 atom stereocenters. The highest BCUT2D eigenvalue weighted by atomic mass is 35.5. The monoisotopic (exact) mass is 250 g/mol. The van der Waals surface area contributed by atoms with E-state index >= 15 is 0 Å². The van der Waals surface area contributed by atoms with Crippen molar-refractivity contribution in [3.05, 3.63) is 64.7 Å². The number of benzene rings is 1. The first-order chi connectivity index (χ1) is 8.16. The molecular formula is C13H12ClFN2. The summed E-state index contributed by atoms with van der Waals surface area (Å²) in [7, 11) is 0. The van der Waals surface area contributed by atoms with Crippen LogP contribution >= 0.6 is 11.6 Å². The molecule has 0 fully saturated rings. The Kier molecular flexibility index (Phi) is 3.71. The fourth-order valence-electron chi connectivity index (χ4n) is 1.64. The van der Waals surface area contributed by atoms with Gasteiger partial charge < -0.3 is 5.73 Å². The molecule has 0 aliphatic rings. The third kappa shape index (κ3) is 3.02. The van der Waals surface area contributed by atoms with Crippen molar-refractivity contribution < 1.29 is 4.39 Å². The van der Waals surface area contributed by atoms with Crippen LogP contribution in [0.2, 0.25) is 5.02 Å². The molecule has 88 valence electrons. The van der Waals surface area contributed by atoms with Crippen LogP contribution < -0.4 is 5.73 Å². The van der Waals surface area contributed by atoms with Gasteiger partial charge in [0, 0.05) is 11.2 Å². The molecule has 4 heteroatoms. The van der Waals surface area contributed by atoms with Crippen molar-refractivity contribution in [2.24, 2.45) is 5.73 Å². The number of hydrogen-bond acceptors (Lipinski definition) is 2. The lowest BCUT2D eigenvalue weighted by Gasteiger charge is -2.12. The van der Waals surface area contributed by atoms with Crippen LogP contribution in [0.3, 0.4) is 0 Å². The van der Waals surface area contributed by atoms with Crippen LogP contribution in [0.4, 0.5) is 4.39 Å². The molecule has 0 aliphatic carbocycles. The molecule has 1 heterocycles. The van der Waals surface area contributed by atoms with Gasteiger partial charge in [-0.2, -0.15) is 0 Å². The molecule has 0 bridgehead atoms. The van der Waals surface area contributed by atoms with Gasteiger partial charge in [-0.15, -0.1) is 0 Å². The Labute approximate surface area is 104 Å². The maximum absolute atomic E-state index is 13.1. The summed E-state index contributed by atoms with van der Waals surface area (Å²) in [5.41, 5.74) is 7.47. The van der Waals surface area contributed by atoms with E-state index in [1.165, 1.54) is 18.2 Å². The average Bonchev–Trinajstić information content (AvgIpc) is 2.35. The molecule has 2 nitrogen and oxygen atoms in total. The topological polar surface area (TPSA) is 38.9 Å². The first-order valence-electron chi connectivity index (χ1n) is 5.27. The van der Waals surface area contributed by atoms with Crippen LogP contribution in [-0.4, -0.2) is 4.98 Å². The minimum Gasteiger partial charge on any atom is -0.322 e. The summed E-state index contributed by atoms with van der Waals surface area (Å²) in [6.45, 7) is 0. The van der Waals surface area contributed by atoms with Crippen LogP contribution in [0.15, 0.2) is 42.6 Å². The van der Waals surface area contributed by atoms with Crippen LogP contribution in [0, 0.1) is 5.82 Å². The first-order valence-corrected chi connectivity index (χ1v) is 5.65. The van der Waals surface area contributed by atoms with Gasteiger partial charge in [0.25, 0.3) is 0 Å². The summed E-state index contributed by atoms with van der Waals surface area (Å²) in [6.07, 6.45) is 2.15. The zero-order valence-electron chi connectivity index (χ0n) is 9.11. The lowest BCUT2D eigenvalue weighted by atomic mass is 10.0. The number of halogens is 2. The first kappa shape index (κ1) is 12.0. The highest BCUT2D eigenvalue weighted by Gasteiger charge is 2.11. The quantitative estimate of drug-likeness (QED) is 0.909. The number of rotatable bonds is 3. The molecule has 2 aromatic rings. The lowest BCUT2D eigenvalue weighted by Crippen LogP contribution is -2.15. The minimum absolute atomic E-state index is 0.282. The molecule has 0 saturated heterocycles. The van der Waals surface area contributed by atoms with Gasteiger partial charge in [0.2, 0.25) is 0 Å². The molecule has 1 aromatic carbocycles. The van der Waals surface area contributed by atoms with Gasteiger partial charge >= 0.3 is 0 Å². The predicted octanol–water partition coefficient (Wildman–Crippen LogP) is 3.12. The van der Waals surface area contributed by atoms with Crippen LogP contribution in [0.1, 0.15) is 17.3 Å². The Morgan fingerprint density at radius 3 is 2.82 bits per heavy atom. The Hall–Kier alpha value is -1.45. The van der Waals surface area contributed by atoms with Crippen molar-refractivity contribution in [1.29, 1.82) is 0 Å². The second-order valence-electron chi connectivity index (χ2n) is 3.80. The van der Waals surface area contributed by atoms with E-state index in [1.54, 1.807) is 6.20 Å². The molecule has 17 heavy (non-hydrogen) atoms. The maximum atomic E-state index is 13.1. The van der Waals surface area contributed by atoms with Gasteiger partial charge in [-0.25, -0.2) is 4.39 Å². The van der Waals surface area contributed by atoms with E-state index < -0.39 is 0 Å². The molecule has 0 radical (unpaired) electrons. The van der Waals surface area contributed by atoms with E-state index in [2.05, 4.69) is 4.98 Å². The standard InChI is InChI=1S/C13H12ClFN2/c14-11-5-4-10(15)7-9(11)8-12(16)13-3-1-2-6-17-13/h1-7,12H,8,16H2. The van der Waals surface area contributed by atoms with E-state index in [4.69, 9.17) is 17.3 Å². The number of nitrogens with zero attached hydrogens (tertiary/aromatic N) is 1. The van der Waals surface area contributed by atoms with Crippen molar-refractivity contribution in [3.8, 4) is 0 Å². The Morgan fingerprint density at radius 2 is 2.12 bits per heavy atom. The zero-order valence-corrected chi connectivity index (χ0v) is 9.86. The van der Waals surface area contributed by atoms with Crippen molar-refractivity contribution in [2.45, 2.75) is 12.5 Å². The minimum atomic E-state index is -0.308. The number of aromatic nitrogens is 1. The second-order valence-corrected chi connectivity index (χ2v) is 4.21. The summed E-state index contributed by atoms with van der Waals surface area (Å²) in [5.74, 6) is -0.308. The van der Waals surface area contributed by atoms with Gasteiger partial charge in [-0.3, -0.25) is 4.98 Å². The number of hydrogen-bond donors (Lipinski definition) is 1. The summed E-state index contributed by atoms with van der Waals surface area (Å²) in [4.78, 5) is 4.17. The van der Waals surface area contributed by atoms with E-state index in [0.717, 1.165) is 5.69 Å². The molecule has 1 aromatic heterocycles. The lowest BCUT2D eigenvalue weighted by molar-refractivity contribution is 0.621. The fourth-order valence-corrected chi connectivity index (χ4v) is 1.83. The predicted molar refractivity (Wildman–Crippen MR) is 66.3 cm³/mol. The highest BCUT2D eigenvalue weighted by molar-refractivity contribution is 6.31. The van der Waals surface area contributed by atoms with Crippen LogP contribution in [0.5, 0.6) is 0 Å². The third-order valence-electron chi connectivity index (χ3n) is 2.52. The van der Waals surface area contributed by atoms with E-state index in [-0.39, 0.29) is 11.9 Å². The molecule has 2 N–H and O–H groups in total. The van der Waals surface area contributed by atoms with E-state index in [1.807, 2.05) is 18.2 Å². The Balaban J connectivity index is 2.18. The van der Waals surface area contributed by atoms with Crippen molar-refractivity contribution in [2.75, 3.05) is 0 Å². The van der Waals surface area contributed by atoms with Crippen LogP contribution in [-0.2, 0) is 6.42 Å². The van der Waals surface area contributed by atoms with Gasteiger partial charge in [-0.1, -0.05) is 17.7 Å². The normalized spacial score (nSPS) is 12.4. The molecular weight excluding hydrogens is 239 g/mol. The third-order valence-corrected chi connectivity index (χ3v) is 2.88. The van der Waals surface area contributed by atoms with E-state index in [9.17, 15) is 4.39 Å². The van der Waals surface area contributed by atoms with Gasteiger partial charge in [-0.05, 0) is 42.3 Å². The zero-order chi connectivity index (χ0) is 12.3. The Morgan fingerprint density at radius 1 is 1.29 bits per heavy atom. The smallest absolute Gasteiger partial charge is 0.123 e. The molecule has 0 aliphatic heterocycles. The highest BCUT2D eigenvalue weighted by Crippen LogP contribution is 2.22. The maximum Gasteiger partial charge on any atom is 0.123 e.